The first-order chi connectivity index (χ1) is 5.72. The van der Waals surface area contributed by atoms with Crippen LogP contribution in [0.15, 0.2) is 12.7 Å². The van der Waals surface area contributed by atoms with Crippen LogP contribution in [-0.4, -0.2) is 39.6 Å². The molecule has 12 heavy (non-hydrogen) atoms. The molecule has 0 N–H and O–H groups in total. The molecule has 2 rings (SSSR count). The number of carbonyl (C=O) groups is 1. The van der Waals surface area contributed by atoms with E-state index in [4.69, 9.17) is 0 Å². The van der Waals surface area contributed by atoms with Crippen molar-refractivity contribution < 1.29 is 4.79 Å². The summed E-state index contributed by atoms with van der Waals surface area (Å²) in [6, 6.07) is 0.465. The third-order valence-electron chi connectivity index (χ3n) is 2.65. The third-order valence-corrected chi connectivity index (χ3v) is 3.44. The molecular weight excluding hydrogens is 267 g/mol. The molecule has 2 unspecified atom stereocenters. The fraction of sp³-hybridized carbons (Fsp3) is 0.625. The number of hydrogen-bond donors (Lipinski definition) is 0. The average Bonchev–Trinajstić information content (AvgIpc) is 2.31. The van der Waals surface area contributed by atoms with E-state index in [1.54, 1.807) is 0 Å². The van der Waals surface area contributed by atoms with Crippen LogP contribution in [0.25, 0.3) is 0 Å². The van der Waals surface area contributed by atoms with Crippen LogP contribution in [-0.2, 0) is 4.79 Å². The molecule has 66 valence electrons. The molecule has 2 aliphatic heterocycles. The van der Waals surface area contributed by atoms with Crippen LogP contribution in [0.5, 0.6) is 0 Å². The van der Waals surface area contributed by atoms with Gasteiger partial charge < -0.3 is 4.90 Å². The quantitative estimate of drug-likeness (QED) is 0.400. The van der Waals surface area contributed by atoms with Gasteiger partial charge in [0.05, 0.1) is 6.04 Å². The molecule has 0 aliphatic carbocycles. The summed E-state index contributed by atoms with van der Waals surface area (Å²) >= 11 is 2.32. The van der Waals surface area contributed by atoms with Crippen LogP contribution >= 0.6 is 22.9 Å². The van der Waals surface area contributed by atoms with Crippen molar-refractivity contribution in [2.24, 2.45) is 5.92 Å². The Morgan fingerprint density at radius 2 is 2.25 bits per heavy atom. The fourth-order valence-electron chi connectivity index (χ4n) is 1.96. The maximum absolute atomic E-state index is 11.2. The number of fused-ring (bicyclic) bond motifs is 1. The van der Waals surface area contributed by atoms with Crippen LogP contribution in [0.2, 0.25) is 0 Å². The Labute approximate surface area is 85.9 Å². The van der Waals surface area contributed by atoms with Crippen molar-refractivity contribution in [1.82, 2.24) is 8.01 Å². The second kappa shape index (κ2) is 2.99. The zero-order valence-electron chi connectivity index (χ0n) is 6.74. The summed E-state index contributed by atoms with van der Waals surface area (Å²) in [5.41, 5.74) is 0. The number of carbonyl (C=O) groups excluding carboxylic acids is 1. The van der Waals surface area contributed by atoms with Crippen molar-refractivity contribution in [1.29, 1.82) is 0 Å². The Kier molecular flexibility index (Phi) is 2.12. The minimum Gasteiger partial charge on any atom is -0.334 e. The second-order valence-corrected chi connectivity index (χ2v) is 4.71. The summed E-state index contributed by atoms with van der Waals surface area (Å²) in [7, 11) is 0. The standard InChI is InChI=1S/C8H11IN2O/c1-2-8(12)11-4-6-3-10(9)5-7(6)11/h2,6-7H,1,3-5H2. The van der Waals surface area contributed by atoms with E-state index in [1.807, 2.05) is 4.90 Å². The highest BCUT2D eigenvalue weighted by Gasteiger charge is 2.46. The Morgan fingerprint density at radius 1 is 1.50 bits per heavy atom. The van der Waals surface area contributed by atoms with Crippen molar-refractivity contribution in [3.05, 3.63) is 12.7 Å². The number of hydrogen-bond acceptors (Lipinski definition) is 2. The number of amides is 1. The molecule has 0 aromatic carbocycles. The van der Waals surface area contributed by atoms with E-state index in [0.717, 1.165) is 19.6 Å². The first-order valence-electron chi connectivity index (χ1n) is 4.06. The lowest BCUT2D eigenvalue weighted by molar-refractivity contribution is -0.135. The molecule has 0 aromatic heterocycles. The average molecular weight is 278 g/mol. The highest BCUT2D eigenvalue weighted by atomic mass is 127. The van der Waals surface area contributed by atoms with Crippen molar-refractivity contribution in [2.45, 2.75) is 6.04 Å². The fourth-order valence-corrected chi connectivity index (χ4v) is 2.87. The molecule has 2 saturated heterocycles. The molecule has 2 heterocycles. The first-order valence-corrected chi connectivity index (χ1v) is 5.02. The molecule has 0 radical (unpaired) electrons. The van der Waals surface area contributed by atoms with Gasteiger partial charge in [-0.05, 0) is 6.08 Å². The van der Waals surface area contributed by atoms with E-state index in [9.17, 15) is 4.79 Å². The number of likely N-dealkylation sites (tertiary alicyclic amines) is 1. The zero-order valence-corrected chi connectivity index (χ0v) is 8.90. The molecule has 2 fully saturated rings. The predicted molar refractivity (Wildman–Crippen MR) is 54.8 cm³/mol. The Balaban J connectivity index is 1.99. The summed E-state index contributed by atoms with van der Waals surface area (Å²) < 4.78 is 2.25. The minimum atomic E-state index is 0.0861. The van der Waals surface area contributed by atoms with Gasteiger partial charge in [-0.2, -0.15) is 0 Å². The van der Waals surface area contributed by atoms with Gasteiger partial charge in [0.25, 0.3) is 0 Å². The maximum atomic E-state index is 11.2. The largest absolute Gasteiger partial charge is 0.334 e. The number of halogens is 1. The molecule has 1 amide bonds. The molecule has 4 heteroatoms. The van der Waals surface area contributed by atoms with Crippen molar-refractivity contribution in [3.8, 4) is 0 Å². The summed E-state index contributed by atoms with van der Waals surface area (Å²) in [5.74, 6) is 0.800. The van der Waals surface area contributed by atoms with E-state index in [-0.39, 0.29) is 5.91 Å². The van der Waals surface area contributed by atoms with Gasteiger partial charge in [0.1, 0.15) is 0 Å². The predicted octanol–water partition coefficient (Wildman–Crippen LogP) is 0.665. The van der Waals surface area contributed by atoms with E-state index < -0.39 is 0 Å². The van der Waals surface area contributed by atoms with Crippen molar-refractivity contribution in [2.75, 3.05) is 19.6 Å². The van der Waals surface area contributed by atoms with Crippen LogP contribution in [0, 0.1) is 5.92 Å². The van der Waals surface area contributed by atoms with E-state index in [2.05, 4.69) is 32.6 Å². The maximum Gasteiger partial charge on any atom is 0.246 e. The topological polar surface area (TPSA) is 23.6 Å². The molecule has 0 spiro atoms. The highest BCUT2D eigenvalue weighted by molar-refractivity contribution is 14.1. The van der Waals surface area contributed by atoms with Crippen LogP contribution < -0.4 is 0 Å². The van der Waals surface area contributed by atoms with Gasteiger partial charge in [0, 0.05) is 48.4 Å². The lowest BCUT2D eigenvalue weighted by atomic mass is 9.92. The summed E-state index contributed by atoms with van der Waals surface area (Å²) in [6.07, 6.45) is 1.41. The Bertz CT molecular complexity index is 231. The first kappa shape index (κ1) is 8.50. The van der Waals surface area contributed by atoms with E-state index >= 15 is 0 Å². The third kappa shape index (κ3) is 1.17. The van der Waals surface area contributed by atoms with E-state index in [1.165, 1.54) is 6.08 Å². The molecular formula is C8H11IN2O. The van der Waals surface area contributed by atoms with Crippen molar-refractivity contribution in [3.63, 3.8) is 0 Å². The zero-order chi connectivity index (χ0) is 8.72. The van der Waals surface area contributed by atoms with Crippen molar-refractivity contribution >= 4 is 28.8 Å². The molecule has 2 aliphatic rings. The number of rotatable bonds is 1. The number of nitrogens with zero attached hydrogens (tertiary/aromatic N) is 2. The lowest BCUT2D eigenvalue weighted by Crippen LogP contribution is -2.57. The lowest BCUT2D eigenvalue weighted by Gasteiger charge is -2.42. The van der Waals surface area contributed by atoms with Gasteiger partial charge in [-0.15, -0.1) is 0 Å². The smallest absolute Gasteiger partial charge is 0.246 e. The minimum absolute atomic E-state index is 0.0861. The van der Waals surface area contributed by atoms with Crippen LogP contribution in [0.3, 0.4) is 0 Å². The van der Waals surface area contributed by atoms with Crippen LogP contribution in [0.4, 0.5) is 0 Å². The summed E-state index contributed by atoms with van der Waals surface area (Å²) in [6.45, 7) is 6.57. The highest BCUT2D eigenvalue weighted by Crippen LogP contribution is 2.33. The van der Waals surface area contributed by atoms with Gasteiger partial charge in [-0.1, -0.05) is 6.58 Å². The van der Waals surface area contributed by atoms with Gasteiger partial charge in [0.15, 0.2) is 0 Å². The monoisotopic (exact) mass is 278 g/mol. The van der Waals surface area contributed by atoms with E-state index in [0.29, 0.717) is 12.0 Å². The van der Waals surface area contributed by atoms with Gasteiger partial charge in [-0.3, -0.25) is 4.79 Å². The Morgan fingerprint density at radius 3 is 2.83 bits per heavy atom. The molecule has 2 atom stereocenters. The molecule has 0 saturated carbocycles. The molecule has 0 bridgehead atoms. The van der Waals surface area contributed by atoms with Gasteiger partial charge in [0.2, 0.25) is 5.91 Å². The van der Waals surface area contributed by atoms with Gasteiger partial charge >= 0.3 is 0 Å². The molecule has 3 nitrogen and oxygen atoms in total. The van der Waals surface area contributed by atoms with Crippen LogP contribution in [0.1, 0.15) is 0 Å². The SMILES string of the molecule is C=CC(=O)N1CC2CN(I)CC21. The normalized spacial score (nSPS) is 34.2. The summed E-state index contributed by atoms with van der Waals surface area (Å²) in [4.78, 5) is 13.1. The Hall–Kier alpha value is -0.100. The summed E-state index contributed by atoms with van der Waals surface area (Å²) in [5, 5.41) is 0. The van der Waals surface area contributed by atoms with Gasteiger partial charge in [-0.25, -0.2) is 3.11 Å². The molecule has 0 aromatic rings. The second-order valence-electron chi connectivity index (χ2n) is 3.35.